The van der Waals surface area contributed by atoms with Crippen LogP contribution in [-0.4, -0.2) is 30.2 Å². The number of hydrogen-bond acceptors (Lipinski definition) is 5. The first-order valence-electron chi connectivity index (χ1n) is 11.0. The van der Waals surface area contributed by atoms with Crippen LogP contribution in [0.5, 0.6) is 5.75 Å². The van der Waals surface area contributed by atoms with Gasteiger partial charge in [0.15, 0.2) is 11.7 Å². The Kier molecular flexibility index (Phi) is 10.7. The van der Waals surface area contributed by atoms with Gasteiger partial charge in [0.05, 0.1) is 12.2 Å². The first-order valence-corrected chi connectivity index (χ1v) is 11.4. The summed E-state index contributed by atoms with van der Waals surface area (Å²) < 4.78 is 10.9. The number of rotatable bonds is 11. The van der Waals surface area contributed by atoms with E-state index in [2.05, 4.69) is 31.4 Å². The minimum Gasteiger partial charge on any atom is -0.483 e. The molecular weight excluding hydrogens is 424 g/mol. The molecule has 0 unspecified atom stereocenters. The zero-order valence-electron chi connectivity index (χ0n) is 19.0. The lowest BCUT2D eigenvalue weighted by Gasteiger charge is -2.14. The van der Waals surface area contributed by atoms with Crippen LogP contribution in [0.25, 0.3) is 0 Å². The van der Waals surface area contributed by atoms with Crippen LogP contribution in [0, 0.1) is 0 Å². The van der Waals surface area contributed by atoms with Crippen molar-refractivity contribution < 1.29 is 19.1 Å². The van der Waals surface area contributed by atoms with Gasteiger partial charge in [-0.25, -0.2) is 4.79 Å². The molecule has 7 heteroatoms. The Morgan fingerprint density at radius 3 is 2.41 bits per heavy atom. The Bertz CT molecular complexity index is 897. The second-order valence-electron chi connectivity index (χ2n) is 7.76. The van der Waals surface area contributed by atoms with E-state index in [1.54, 1.807) is 24.3 Å². The van der Waals surface area contributed by atoms with Crippen molar-refractivity contribution in [3.8, 4) is 5.75 Å². The maximum atomic E-state index is 12.2. The number of amides is 1. The van der Waals surface area contributed by atoms with Crippen molar-refractivity contribution in [3.05, 3.63) is 59.7 Å². The second-order valence-corrected chi connectivity index (χ2v) is 8.17. The number of ether oxygens (including phenoxy) is 2. The molecule has 0 atom stereocenters. The number of esters is 1. The monoisotopic (exact) mass is 456 g/mol. The van der Waals surface area contributed by atoms with Gasteiger partial charge < -0.3 is 14.8 Å². The lowest BCUT2D eigenvalue weighted by molar-refractivity contribution is -0.121. The van der Waals surface area contributed by atoms with Crippen LogP contribution in [-0.2, 0) is 9.53 Å². The number of carbonyl (C=O) groups excluding carboxylic acids is 2. The molecule has 2 rings (SSSR count). The SMILES string of the molecule is CCCCCCOC(=O)c1ccc(NC(=S)NC(=O)COc2ccccc2C(C)C)cc1. The largest absolute Gasteiger partial charge is 0.483 e. The number of para-hydroxylation sites is 1. The number of unbranched alkanes of at least 4 members (excludes halogenated alkanes) is 3. The molecule has 0 spiro atoms. The van der Waals surface area contributed by atoms with Gasteiger partial charge >= 0.3 is 5.97 Å². The van der Waals surface area contributed by atoms with E-state index in [1.165, 1.54) is 0 Å². The normalized spacial score (nSPS) is 10.5. The third-order valence-corrected chi connectivity index (χ3v) is 4.97. The van der Waals surface area contributed by atoms with Crippen LogP contribution in [0.1, 0.15) is 68.3 Å². The molecule has 0 aromatic heterocycles. The zero-order valence-corrected chi connectivity index (χ0v) is 19.8. The lowest BCUT2D eigenvalue weighted by Crippen LogP contribution is -2.37. The van der Waals surface area contributed by atoms with Crippen molar-refractivity contribution in [1.29, 1.82) is 0 Å². The summed E-state index contributed by atoms with van der Waals surface area (Å²) in [7, 11) is 0. The summed E-state index contributed by atoms with van der Waals surface area (Å²) in [6.45, 7) is 6.56. The molecule has 0 fully saturated rings. The van der Waals surface area contributed by atoms with Gasteiger partial charge in [-0.15, -0.1) is 0 Å². The topological polar surface area (TPSA) is 76.7 Å². The van der Waals surface area contributed by atoms with E-state index in [9.17, 15) is 9.59 Å². The molecule has 32 heavy (non-hydrogen) atoms. The van der Waals surface area contributed by atoms with Crippen LogP contribution < -0.4 is 15.4 Å². The zero-order chi connectivity index (χ0) is 23.3. The summed E-state index contributed by atoms with van der Waals surface area (Å²) in [5, 5.41) is 5.67. The Hall–Kier alpha value is -2.93. The fourth-order valence-corrected chi connectivity index (χ4v) is 3.26. The molecule has 6 nitrogen and oxygen atoms in total. The molecule has 2 aromatic rings. The van der Waals surface area contributed by atoms with E-state index in [0.29, 0.717) is 29.5 Å². The van der Waals surface area contributed by atoms with E-state index >= 15 is 0 Å². The lowest BCUT2D eigenvalue weighted by atomic mass is 10.0. The average molecular weight is 457 g/mol. The maximum Gasteiger partial charge on any atom is 0.338 e. The average Bonchev–Trinajstić information content (AvgIpc) is 2.78. The highest BCUT2D eigenvalue weighted by Gasteiger charge is 2.11. The van der Waals surface area contributed by atoms with Crippen molar-refractivity contribution in [2.75, 3.05) is 18.5 Å². The first kappa shape index (κ1) is 25.3. The summed E-state index contributed by atoms with van der Waals surface area (Å²) in [5.74, 6) is 0.273. The van der Waals surface area contributed by atoms with E-state index < -0.39 is 0 Å². The minimum absolute atomic E-state index is 0.144. The summed E-state index contributed by atoms with van der Waals surface area (Å²) in [4.78, 5) is 24.3. The summed E-state index contributed by atoms with van der Waals surface area (Å²) in [6, 6.07) is 14.4. The molecule has 0 saturated carbocycles. The Morgan fingerprint density at radius 1 is 1.00 bits per heavy atom. The minimum atomic E-state index is -0.357. The Labute approximate surface area is 195 Å². The fraction of sp³-hybridized carbons (Fsp3) is 0.400. The Morgan fingerprint density at radius 2 is 1.72 bits per heavy atom. The number of thiocarbonyl (C=S) groups is 1. The van der Waals surface area contributed by atoms with Gasteiger partial charge in [-0.1, -0.05) is 58.2 Å². The van der Waals surface area contributed by atoms with Gasteiger partial charge in [0.1, 0.15) is 5.75 Å². The van der Waals surface area contributed by atoms with Crippen LogP contribution in [0.4, 0.5) is 5.69 Å². The van der Waals surface area contributed by atoms with E-state index in [4.69, 9.17) is 21.7 Å². The predicted molar refractivity (Wildman–Crippen MR) is 131 cm³/mol. The molecular formula is C25H32N2O4S. The van der Waals surface area contributed by atoms with Crippen LogP contribution >= 0.6 is 12.2 Å². The van der Waals surface area contributed by atoms with Crippen LogP contribution in [0.2, 0.25) is 0 Å². The molecule has 0 radical (unpaired) electrons. The third-order valence-electron chi connectivity index (χ3n) is 4.76. The van der Waals surface area contributed by atoms with E-state index in [1.807, 2.05) is 24.3 Å². The first-order chi connectivity index (χ1) is 15.4. The second kappa shape index (κ2) is 13.5. The van der Waals surface area contributed by atoms with Gasteiger partial charge in [0.2, 0.25) is 0 Å². The van der Waals surface area contributed by atoms with Gasteiger partial charge in [-0.05, 0) is 60.5 Å². The van der Waals surface area contributed by atoms with Gasteiger partial charge in [-0.2, -0.15) is 0 Å². The van der Waals surface area contributed by atoms with Crippen molar-refractivity contribution >= 4 is 34.9 Å². The van der Waals surface area contributed by atoms with Crippen LogP contribution in [0.15, 0.2) is 48.5 Å². The standard InChI is InChI=1S/C25H32N2O4S/c1-4-5-6-9-16-30-24(29)19-12-14-20(15-13-19)26-25(32)27-23(28)17-31-22-11-8-7-10-21(22)18(2)3/h7-8,10-15,18H,4-6,9,16-17H2,1-3H3,(H2,26,27,28,32). The molecule has 172 valence electrons. The predicted octanol–water partition coefficient (Wildman–Crippen LogP) is 5.44. The molecule has 1 amide bonds. The highest BCUT2D eigenvalue weighted by Crippen LogP contribution is 2.25. The van der Waals surface area contributed by atoms with Gasteiger partial charge in [0.25, 0.3) is 5.91 Å². The smallest absolute Gasteiger partial charge is 0.338 e. The molecule has 2 aromatic carbocycles. The van der Waals surface area contributed by atoms with Gasteiger partial charge in [0, 0.05) is 5.69 Å². The van der Waals surface area contributed by atoms with Crippen molar-refractivity contribution in [3.63, 3.8) is 0 Å². The fourth-order valence-electron chi connectivity index (χ4n) is 3.02. The number of anilines is 1. The molecule has 0 bridgehead atoms. The molecule has 0 aliphatic heterocycles. The molecule has 0 saturated heterocycles. The molecule has 0 aliphatic carbocycles. The number of carbonyl (C=O) groups is 2. The molecule has 2 N–H and O–H groups in total. The van der Waals surface area contributed by atoms with Crippen molar-refractivity contribution in [2.45, 2.75) is 52.4 Å². The van der Waals surface area contributed by atoms with E-state index in [-0.39, 0.29) is 23.6 Å². The summed E-state index contributed by atoms with van der Waals surface area (Å²) >= 11 is 5.20. The summed E-state index contributed by atoms with van der Waals surface area (Å²) in [6.07, 6.45) is 4.22. The molecule has 0 heterocycles. The van der Waals surface area contributed by atoms with Crippen molar-refractivity contribution in [2.24, 2.45) is 0 Å². The van der Waals surface area contributed by atoms with Crippen LogP contribution in [0.3, 0.4) is 0 Å². The third kappa shape index (κ3) is 8.67. The number of hydrogen-bond donors (Lipinski definition) is 2. The highest BCUT2D eigenvalue weighted by atomic mass is 32.1. The van der Waals surface area contributed by atoms with E-state index in [0.717, 1.165) is 31.2 Å². The van der Waals surface area contributed by atoms with Crippen molar-refractivity contribution in [1.82, 2.24) is 5.32 Å². The Balaban J connectivity index is 1.76. The quantitative estimate of drug-likeness (QED) is 0.266. The molecule has 0 aliphatic rings. The highest BCUT2D eigenvalue weighted by molar-refractivity contribution is 7.80. The number of nitrogens with one attached hydrogen (secondary N) is 2. The maximum absolute atomic E-state index is 12.2. The van der Waals surface area contributed by atoms with Gasteiger partial charge in [-0.3, -0.25) is 10.1 Å². The number of benzene rings is 2. The summed E-state index contributed by atoms with van der Waals surface area (Å²) in [5.41, 5.74) is 2.17.